The average Bonchev–Trinajstić information content (AvgIpc) is 2.66. The summed E-state index contributed by atoms with van der Waals surface area (Å²) in [6.45, 7) is 0. The average molecular weight is 329 g/mol. The monoisotopic (exact) mass is 329 g/mol. The molecule has 0 aliphatic carbocycles. The predicted octanol–water partition coefficient (Wildman–Crippen LogP) is 3.17. The molecule has 0 aliphatic heterocycles. The molecule has 0 saturated heterocycles. The summed E-state index contributed by atoms with van der Waals surface area (Å²) >= 11 is 3.69. The summed E-state index contributed by atoms with van der Waals surface area (Å²) in [5, 5.41) is 1.94. The fraction of sp³-hybridized carbons (Fsp3) is 0.0909. The van der Waals surface area contributed by atoms with E-state index < -0.39 is 0 Å². The van der Waals surface area contributed by atoms with E-state index in [0.29, 0.717) is 6.42 Å². The fourth-order valence-electron chi connectivity index (χ4n) is 1.26. The smallest absolute Gasteiger partial charge is 0.178 e. The minimum atomic E-state index is 0.169. The van der Waals surface area contributed by atoms with Crippen molar-refractivity contribution in [2.75, 3.05) is 0 Å². The van der Waals surface area contributed by atoms with Crippen LogP contribution in [0.5, 0.6) is 0 Å². The molecule has 2 heterocycles. The minimum Gasteiger partial charge on any atom is -0.293 e. The topological polar surface area (TPSA) is 30.0 Å². The molecule has 0 fully saturated rings. The molecular formula is C11H8INOS. The molecule has 2 rings (SSSR count). The second-order valence-corrected chi connectivity index (χ2v) is 5.14. The number of aromatic nitrogens is 1. The highest BCUT2D eigenvalue weighted by molar-refractivity contribution is 14.1. The van der Waals surface area contributed by atoms with Gasteiger partial charge in [0.25, 0.3) is 0 Å². The molecule has 0 unspecified atom stereocenters. The van der Waals surface area contributed by atoms with Crippen molar-refractivity contribution in [2.24, 2.45) is 0 Å². The molecule has 0 aromatic carbocycles. The summed E-state index contributed by atoms with van der Waals surface area (Å²) in [5.74, 6) is 0.169. The molecule has 15 heavy (non-hydrogen) atoms. The number of nitrogens with zero attached hydrogens (tertiary/aromatic N) is 1. The number of carbonyl (C=O) groups excluding carboxylic acids is 1. The van der Waals surface area contributed by atoms with Crippen LogP contribution in [0.2, 0.25) is 0 Å². The van der Waals surface area contributed by atoms with Crippen LogP contribution in [-0.4, -0.2) is 10.8 Å². The molecule has 0 aliphatic rings. The van der Waals surface area contributed by atoms with Gasteiger partial charge in [0, 0.05) is 22.4 Å². The first-order valence-corrected chi connectivity index (χ1v) is 6.38. The Labute approximate surface area is 106 Å². The molecule has 4 heteroatoms. The van der Waals surface area contributed by atoms with E-state index in [4.69, 9.17) is 0 Å². The number of rotatable bonds is 3. The third kappa shape index (κ3) is 2.63. The van der Waals surface area contributed by atoms with Crippen LogP contribution >= 0.6 is 33.9 Å². The van der Waals surface area contributed by atoms with Gasteiger partial charge in [0.05, 0.1) is 4.88 Å². The lowest BCUT2D eigenvalue weighted by Gasteiger charge is -1.98. The number of halogens is 1. The molecule has 0 saturated carbocycles. The van der Waals surface area contributed by atoms with Crippen molar-refractivity contribution in [1.82, 2.24) is 4.98 Å². The fourth-order valence-corrected chi connectivity index (χ4v) is 3.09. The highest BCUT2D eigenvalue weighted by atomic mass is 127. The molecule has 2 aromatic heterocycles. The SMILES string of the molecule is O=C(Cc1cccnc1)c1sccc1I. The zero-order chi connectivity index (χ0) is 10.7. The zero-order valence-corrected chi connectivity index (χ0v) is 10.8. The minimum absolute atomic E-state index is 0.169. The Bertz CT molecular complexity index is 466. The van der Waals surface area contributed by atoms with Gasteiger partial charge in [-0.15, -0.1) is 11.3 Å². The Morgan fingerprint density at radius 3 is 2.93 bits per heavy atom. The van der Waals surface area contributed by atoms with Crippen molar-refractivity contribution < 1.29 is 4.79 Å². The largest absolute Gasteiger partial charge is 0.293 e. The van der Waals surface area contributed by atoms with E-state index >= 15 is 0 Å². The van der Waals surface area contributed by atoms with E-state index in [1.807, 2.05) is 23.6 Å². The summed E-state index contributed by atoms with van der Waals surface area (Å²) in [5.41, 5.74) is 0.965. The molecule has 0 atom stereocenters. The maximum atomic E-state index is 11.9. The molecule has 2 aromatic rings. The van der Waals surface area contributed by atoms with Crippen molar-refractivity contribution in [3.63, 3.8) is 0 Å². The van der Waals surface area contributed by atoms with Crippen LogP contribution < -0.4 is 0 Å². The van der Waals surface area contributed by atoms with Gasteiger partial charge in [-0.3, -0.25) is 9.78 Å². The lowest BCUT2D eigenvalue weighted by atomic mass is 10.1. The van der Waals surface area contributed by atoms with E-state index in [1.54, 1.807) is 12.4 Å². The molecule has 0 amide bonds. The summed E-state index contributed by atoms with van der Waals surface area (Å²) in [6, 6.07) is 5.73. The number of carbonyl (C=O) groups is 1. The van der Waals surface area contributed by atoms with Gasteiger partial charge in [0.15, 0.2) is 5.78 Å². The van der Waals surface area contributed by atoms with Gasteiger partial charge < -0.3 is 0 Å². The first kappa shape index (κ1) is 10.8. The van der Waals surface area contributed by atoms with Crippen LogP contribution in [0.3, 0.4) is 0 Å². The highest BCUT2D eigenvalue weighted by Gasteiger charge is 2.11. The van der Waals surface area contributed by atoms with Crippen molar-refractivity contribution in [2.45, 2.75) is 6.42 Å². The molecule has 2 nitrogen and oxygen atoms in total. The van der Waals surface area contributed by atoms with E-state index in [0.717, 1.165) is 14.0 Å². The van der Waals surface area contributed by atoms with Crippen molar-refractivity contribution in [3.8, 4) is 0 Å². The van der Waals surface area contributed by atoms with Gasteiger partial charge in [-0.1, -0.05) is 6.07 Å². The number of hydrogen-bond acceptors (Lipinski definition) is 3. The van der Waals surface area contributed by atoms with Crippen LogP contribution in [0.4, 0.5) is 0 Å². The normalized spacial score (nSPS) is 10.2. The van der Waals surface area contributed by atoms with Crippen LogP contribution in [0.25, 0.3) is 0 Å². The summed E-state index contributed by atoms with van der Waals surface area (Å²) in [7, 11) is 0. The van der Waals surface area contributed by atoms with E-state index in [-0.39, 0.29) is 5.78 Å². The molecule has 0 bridgehead atoms. The lowest BCUT2D eigenvalue weighted by molar-refractivity contribution is 0.0996. The van der Waals surface area contributed by atoms with Gasteiger partial charge in [-0.05, 0) is 45.7 Å². The van der Waals surface area contributed by atoms with Crippen LogP contribution in [0.15, 0.2) is 36.0 Å². The Balaban J connectivity index is 2.15. The molecule has 0 N–H and O–H groups in total. The van der Waals surface area contributed by atoms with E-state index in [1.165, 1.54) is 11.3 Å². The maximum Gasteiger partial charge on any atom is 0.178 e. The number of hydrogen-bond donors (Lipinski definition) is 0. The van der Waals surface area contributed by atoms with Crippen LogP contribution in [0.1, 0.15) is 15.2 Å². The standard InChI is InChI=1S/C11H8INOS/c12-9-3-5-15-11(9)10(14)6-8-2-1-4-13-7-8/h1-5,7H,6H2. The Morgan fingerprint density at radius 2 is 2.33 bits per heavy atom. The Hall–Kier alpha value is -0.750. The van der Waals surface area contributed by atoms with Crippen molar-refractivity contribution in [3.05, 3.63) is 50.0 Å². The third-order valence-corrected chi connectivity index (χ3v) is 4.18. The molecule has 76 valence electrons. The van der Waals surface area contributed by atoms with E-state index in [9.17, 15) is 4.79 Å². The van der Waals surface area contributed by atoms with Gasteiger partial charge in [-0.2, -0.15) is 0 Å². The number of ketones is 1. The third-order valence-electron chi connectivity index (χ3n) is 1.96. The second-order valence-electron chi connectivity index (χ2n) is 3.06. The first-order valence-electron chi connectivity index (χ1n) is 4.42. The Morgan fingerprint density at radius 1 is 1.47 bits per heavy atom. The first-order chi connectivity index (χ1) is 7.27. The van der Waals surface area contributed by atoms with Gasteiger partial charge in [-0.25, -0.2) is 0 Å². The number of Topliss-reactive ketones (excluding diaryl/α,β-unsaturated/α-hetero) is 1. The van der Waals surface area contributed by atoms with E-state index in [2.05, 4.69) is 27.6 Å². The summed E-state index contributed by atoms with van der Waals surface area (Å²) < 4.78 is 1.03. The lowest BCUT2D eigenvalue weighted by Crippen LogP contribution is -2.02. The quantitative estimate of drug-likeness (QED) is 0.640. The number of pyridine rings is 1. The van der Waals surface area contributed by atoms with Crippen molar-refractivity contribution >= 4 is 39.7 Å². The number of thiophene rings is 1. The Kier molecular flexibility index (Phi) is 3.48. The zero-order valence-electron chi connectivity index (χ0n) is 7.81. The molecule has 0 radical (unpaired) electrons. The predicted molar refractivity (Wildman–Crippen MR) is 69.3 cm³/mol. The second kappa shape index (κ2) is 4.85. The molecular weight excluding hydrogens is 321 g/mol. The summed E-state index contributed by atoms with van der Waals surface area (Å²) in [6.07, 6.45) is 3.88. The van der Waals surface area contributed by atoms with Gasteiger partial charge >= 0.3 is 0 Å². The van der Waals surface area contributed by atoms with Crippen LogP contribution in [0, 0.1) is 3.57 Å². The maximum absolute atomic E-state index is 11.9. The summed E-state index contributed by atoms with van der Waals surface area (Å²) in [4.78, 5) is 16.7. The van der Waals surface area contributed by atoms with Gasteiger partial charge in [0.2, 0.25) is 0 Å². The highest BCUT2D eigenvalue weighted by Crippen LogP contribution is 2.20. The van der Waals surface area contributed by atoms with Gasteiger partial charge in [0.1, 0.15) is 0 Å². The van der Waals surface area contributed by atoms with Crippen molar-refractivity contribution in [1.29, 1.82) is 0 Å². The molecule has 0 spiro atoms. The van der Waals surface area contributed by atoms with Crippen LogP contribution in [-0.2, 0) is 6.42 Å².